The van der Waals surface area contributed by atoms with Gasteiger partial charge in [-0.15, -0.1) is 0 Å². The van der Waals surface area contributed by atoms with Crippen LogP contribution < -0.4 is 16.0 Å². The zero-order chi connectivity index (χ0) is 13.0. The summed E-state index contributed by atoms with van der Waals surface area (Å²) in [6.45, 7) is 3.86. The van der Waals surface area contributed by atoms with Crippen LogP contribution in [0.3, 0.4) is 0 Å². The number of aliphatic hydroxyl groups excluding tert-OH is 1. The van der Waals surface area contributed by atoms with Crippen LogP contribution >= 0.6 is 0 Å². The quantitative estimate of drug-likeness (QED) is 0.686. The van der Waals surface area contributed by atoms with Crippen LogP contribution in [0.15, 0.2) is 18.2 Å². The zero-order valence-corrected chi connectivity index (χ0v) is 10.4. The maximum atomic E-state index is 11.3. The number of rotatable bonds is 4. The molecule has 1 amide bonds. The molecular weight excluding hydrogens is 230 g/mol. The summed E-state index contributed by atoms with van der Waals surface area (Å²) in [4.78, 5) is 13.6. The summed E-state index contributed by atoms with van der Waals surface area (Å²) in [6.07, 6.45) is 0.457. The Morgan fingerprint density at radius 3 is 2.72 bits per heavy atom. The highest BCUT2D eigenvalue weighted by atomic mass is 16.3. The molecule has 0 radical (unpaired) electrons. The van der Waals surface area contributed by atoms with E-state index in [2.05, 4.69) is 10.2 Å². The van der Waals surface area contributed by atoms with Gasteiger partial charge in [0.05, 0.1) is 0 Å². The third kappa shape index (κ3) is 2.80. The molecule has 0 bridgehead atoms. The second kappa shape index (κ2) is 5.84. The molecule has 1 aliphatic heterocycles. The molecule has 1 saturated heterocycles. The van der Waals surface area contributed by atoms with Crippen molar-refractivity contribution in [1.82, 2.24) is 5.32 Å². The third-order valence-corrected chi connectivity index (χ3v) is 3.22. The fourth-order valence-corrected chi connectivity index (χ4v) is 2.27. The summed E-state index contributed by atoms with van der Waals surface area (Å²) in [7, 11) is 0. The SMILES string of the molecule is NC(=O)c1ccc(N2CCNCC2)cc1CCO. The Balaban J connectivity index is 2.26. The Hall–Kier alpha value is -1.59. The maximum absolute atomic E-state index is 11.3. The van der Waals surface area contributed by atoms with Gasteiger partial charge in [0.15, 0.2) is 0 Å². The van der Waals surface area contributed by atoms with Crippen LogP contribution in [-0.4, -0.2) is 43.8 Å². The molecule has 0 spiro atoms. The van der Waals surface area contributed by atoms with E-state index in [1.165, 1.54) is 0 Å². The van der Waals surface area contributed by atoms with E-state index in [1.54, 1.807) is 6.07 Å². The van der Waals surface area contributed by atoms with E-state index in [9.17, 15) is 4.79 Å². The van der Waals surface area contributed by atoms with E-state index in [-0.39, 0.29) is 6.61 Å². The monoisotopic (exact) mass is 249 g/mol. The Morgan fingerprint density at radius 2 is 2.11 bits per heavy atom. The van der Waals surface area contributed by atoms with Crippen molar-refractivity contribution in [3.8, 4) is 0 Å². The summed E-state index contributed by atoms with van der Waals surface area (Å²) >= 11 is 0. The molecule has 18 heavy (non-hydrogen) atoms. The molecule has 98 valence electrons. The van der Waals surface area contributed by atoms with Crippen molar-refractivity contribution in [2.24, 2.45) is 5.73 Å². The predicted molar refractivity (Wildman–Crippen MR) is 70.8 cm³/mol. The Kier molecular flexibility index (Phi) is 4.17. The molecule has 0 unspecified atom stereocenters. The van der Waals surface area contributed by atoms with Gasteiger partial charge in [-0.3, -0.25) is 4.79 Å². The fraction of sp³-hybridized carbons (Fsp3) is 0.462. The fourth-order valence-electron chi connectivity index (χ4n) is 2.27. The number of carbonyl (C=O) groups excluding carboxylic acids is 1. The number of hydrogen-bond donors (Lipinski definition) is 3. The summed E-state index contributed by atoms with van der Waals surface area (Å²) in [5, 5.41) is 12.3. The standard InChI is InChI=1S/C13H19N3O2/c14-13(18)12-2-1-11(9-10(12)3-8-17)16-6-4-15-5-7-16/h1-2,9,15,17H,3-8H2,(H2,14,18). The lowest BCUT2D eigenvalue weighted by atomic mass is 10.0. The van der Waals surface area contributed by atoms with E-state index in [0.717, 1.165) is 37.4 Å². The average Bonchev–Trinajstić information content (AvgIpc) is 2.40. The average molecular weight is 249 g/mol. The van der Waals surface area contributed by atoms with Crippen LogP contribution in [0, 0.1) is 0 Å². The zero-order valence-electron chi connectivity index (χ0n) is 10.4. The van der Waals surface area contributed by atoms with Crippen LogP contribution in [0.4, 0.5) is 5.69 Å². The molecule has 1 aromatic carbocycles. The van der Waals surface area contributed by atoms with Crippen molar-refractivity contribution in [2.75, 3.05) is 37.7 Å². The molecule has 0 aliphatic carbocycles. The number of amides is 1. The van der Waals surface area contributed by atoms with Crippen LogP contribution in [0.2, 0.25) is 0 Å². The van der Waals surface area contributed by atoms with Crippen molar-refractivity contribution < 1.29 is 9.90 Å². The van der Waals surface area contributed by atoms with Gasteiger partial charge in [-0.05, 0) is 30.2 Å². The predicted octanol–water partition coefficient (Wildman–Crippen LogP) is -0.270. The van der Waals surface area contributed by atoms with E-state index in [1.807, 2.05) is 12.1 Å². The lowest BCUT2D eigenvalue weighted by Crippen LogP contribution is -2.43. The van der Waals surface area contributed by atoms with E-state index < -0.39 is 5.91 Å². The normalized spacial score (nSPS) is 15.7. The van der Waals surface area contributed by atoms with Crippen molar-refractivity contribution >= 4 is 11.6 Å². The number of carbonyl (C=O) groups is 1. The van der Waals surface area contributed by atoms with Crippen LogP contribution in [0.25, 0.3) is 0 Å². The first kappa shape index (κ1) is 12.9. The molecule has 1 heterocycles. The second-order valence-corrected chi connectivity index (χ2v) is 4.42. The van der Waals surface area contributed by atoms with Crippen LogP contribution in [0.1, 0.15) is 15.9 Å². The van der Waals surface area contributed by atoms with Crippen molar-refractivity contribution in [3.05, 3.63) is 29.3 Å². The van der Waals surface area contributed by atoms with Gasteiger partial charge >= 0.3 is 0 Å². The summed E-state index contributed by atoms with van der Waals surface area (Å²) in [5.74, 6) is -0.440. The number of aliphatic hydroxyl groups is 1. The Morgan fingerprint density at radius 1 is 1.39 bits per heavy atom. The van der Waals surface area contributed by atoms with Gasteiger partial charge in [0.2, 0.25) is 5.91 Å². The number of anilines is 1. The Labute approximate surface area is 107 Å². The summed E-state index contributed by atoms with van der Waals surface area (Å²) < 4.78 is 0. The van der Waals surface area contributed by atoms with Crippen LogP contribution in [-0.2, 0) is 6.42 Å². The largest absolute Gasteiger partial charge is 0.396 e. The molecule has 0 atom stereocenters. The van der Waals surface area contributed by atoms with E-state index in [4.69, 9.17) is 10.8 Å². The van der Waals surface area contributed by atoms with Crippen LogP contribution in [0.5, 0.6) is 0 Å². The third-order valence-electron chi connectivity index (χ3n) is 3.22. The molecule has 5 nitrogen and oxygen atoms in total. The topological polar surface area (TPSA) is 78.6 Å². The minimum atomic E-state index is -0.440. The van der Waals surface area contributed by atoms with Gasteiger partial charge < -0.3 is 21.1 Å². The van der Waals surface area contributed by atoms with Crippen molar-refractivity contribution in [1.29, 1.82) is 0 Å². The number of primary amides is 1. The van der Waals surface area contributed by atoms with Gasteiger partial charge in [0, 0.05) is 44.0 Å². The number of nitrogens with one attached hydrogen (secondary N) is 1. The molecule has 2 rings (SSSR count). The molecule has 0 saturated carbocycles. The first-order valence-electron chi connectivity index (χ1n) is 6.21. The lowest BCUT2D eigenvalue weighted by Gasteiger charge is -2.30. The molecule has 0 aromatic heterocycles. The van der Waals surface area contributed by atoms with Gasteiger partial charge in [-0.2, -0.15) is 0 Å². The number of nitrogens with zero attached hydrogens (tertiary/aromatic N) is 1. The number of piperazine rings is 1. The number of hydrogen-bond acceptors (Lipinski definition) is 4. The molecule has 1 aliphatic rings. The maximum Gasteiger partial charge on any atom is 0.248 e. The summed E-state index contributed by atoms with van der Waals surface area (Å²) in [6, 6.07) is 5.64. The smallest absolute Gasteiger partial charge is 0.248 e. The first-order valence-corrected chi connectivity index (χ1v) is 6.21. The minimum absolute atomic E-state index is 0.0191. The second-order valence-electron chi connectivity index (χ2n) is 4.42. The van der Waals surface area contributed by atoms with E-state index >= 15 is 0 Å². The highest BCUT2D eigenvalue weighted by molar-refractivity contribution is 5.94. The molecule has 1 aromatic rings. The van der Waals surface area contributed by atoms with Gasteiger partial charge in [0.1, 0.15) is 0 Å². The highest BCUT2D eigenvalue weighted by Gasteiger charge is 2.14. The number of benzene rings is 1. The van der Waals surface area contributed by atoms with E-state index in [0.29, 0.717) is 12.0 Å². The van der Waals surface area contributed by atoms with Crippen molar-refractivity contribution in [2.45, 2.75) is 6.42 Å². The molecule has 1 fully saturated rings. The number of nitrogens with two attached hydrogens (primary N) is 1. The lowest BCUT2D eigenvalue weighted by molar-refractivity contribution is 0.0999. The Bertz CT molecular complexity index is 428. The molecular formula is C13H19N3O2. The highest BCUT2D eigenvalue weighted by Crippen LogP contribution is 2.20. The summed E-state index contributed by atoms with van der Waals surface area (Å²) in [5.41, 5.74) is 7.74. The van der Waals surface area contributed by atoms with Gasteiger partial charge in [-0.1, -0.05) is 0 Å². The van der Waals surface area contributed by atoms with Gasteiger partial charge in [-0.25, -0.2) is 0 Å². The molecule has 5 heteroatoms. The first-order chi connectivity index (χ1) is 8.72. The van der Waals surface area contributed by atoms with Crippen molar-refractivity contribution in [3.63, 3.8) is 0 Å². The molecule has 4 N–H and O–H groups in total. The minimum Gasteiger partial charge on any atom is -0.396 e. The van der Waals surface area contributed by atoms with Gasteiger partial charge in [0.25, 0.3) is 0 Å².